The largest absolute Gasteiger partial charge is 0.828 e. The highest BCUT2D eigenvalue weighted by Gasteiger charge is 2.41. The predicted molar refractivity (Wildman–Crippen MR) is 102 cm³/mol. The van der Waals surface area contributed by atoms with Crippen molar-refractivity contribution in [2.75, 3.05) is 11.9 Å². The Balaban J connectivity index is 1.70. The maximum atomic E-state index is 12.0. The highest BCUT2D eigenvalue weighted by molar-refractivity contribution is 5.67. The first-order valence-electron chi connectivity index (χ1n) is 8.96. The number of nitrogens with one attached hydrogen (secondary N) is 1. The molecule has 1 aliphatic heterocycles. The highest BCUT2D eigenvalue weighted by atomic mass is 16.7. The van der Waals surface area contributed by atoms with Crippen LogP contribution < -0.4 is 15.2 Å². The van der Waals surface area contributed by atoms with Gasteiger partial charge in [-0.2, -0.15) is 0 Å². The Morgan fingerprint density at radius 1 is 0.968 bits per heavy atom. The molecule has 0 radical (unpaired) electrons. The smallest absolute Gasteiger partial charge is 0.348 e. The van der Waals surface area contributed by atoms with Gasteiger partial charge in [0.25, 0.3) is 0 Å². The molecule has 1 aliphatic rings. The molecule has 31 heavy (non-hydrogen) atoms. The SMILES string of the molecule is O=[N+]([O-])c1ccc(Nc2ccc(O[C@@H]3[C@@H](O)[C@H](O)[C@@H](CO)O[C@@H]3[O-])cc2)cc1[N+](=O)[O-]. The number of nitrogens with zero attached hydrogens (tertiary/aromatic N) is 2. The second kappa shape index (κ2) is 9.20. The van der Waals surface area contributed by atoms with Gasteiger partial charge in [-0.15, -0.1) is 0 Å². The average molecular weight is 436 g/mol. The van der Waals surface area contributed by atoms with E-state index in [0.717, 1.165) is 12.1 Å². The van der Waals surface area contributed by atoms with Crippen LogP contribution in [0.3, 0.4) is 0 Å². The van der Waals surface area contributed by atoms with Gasteiger partial charge in [0.1, 0.15) is 30.2 Å². The molecule has 1 saturated heterocycles. The summed E-state index contributed by atoms with van der Waals surface area (Å²) in [5, 5.41) is 65.8. The Hall–Kier alpha value is -3.36. The molecule has 2 aromatic carbocycles. The van der Waals surface area contributed by atoms with Crippen LogP contribution >= 0.6 is 0 Å². The van der Waals surface area contributed by atoms with Gasteiger partial charge in [0.2, 0.25) is 0 Å². The third kappa shape index (κ3) is 4.87. The lowest BCUT2D eigenvalue weighted by Gasteiger charge is -2.45. The molecule has 0 unspecified atom stereocenters. The first-order valence-corrected chi connectivity index (χ1v) is 8.96. The van der Waals surface area contributed by atoms with Crippen LogP contribution in [0.4, 0.5) is 22.7 Å². The van der Waals surface area contributed by atoms with Crippen LogP contribution in [0, 0.1) is 20.2 Å². The van der Waals surface area contributed by atoms with Gasteiger partial charge in [0, 0.05) is 29.8 Å². The Morgan fingerprint density at radius 3 is 2.16 bits per heavy atom. The maximum Gasteiger partial charge on any atom is 0.348 e. The van der Waals surface area contributed by atoms with E-state index in [4.69, 9.17) is 14.6 Å². The molecule has 1 heterocycles. The van der Waals surface area contributed by atoms with E-state index < -0.39 is 58.5 Å². The van der Waals surface area contributed by atoms with Gasteiger partial charge in [0.15, 0.2) is 0 Å². The van der Waals surface area contributed by atoms with Gasteiger partial charge < -0.3 is 35.2 Å². The molecular weight excluding hydrogens is 418 g/mol. The molecule has 0 aromatic heterocycles. The van der Waals surface area contributed by atoms with Crippen molar-refractivity contribution >= 4 is 22.7 Å². The molecule has 166 valence electrons. The predicted octanol–water partition coefficient (Wildman–Crippen LogP) is -0.207. The van der Waals surface area contributed by atoms with E-state index in [-0.39, 0.29) is 11.4 Å². The first kappa shape index (κ1) is 22.3. The lowest BCUT2D eigenvalue weighted by molar-refractivity contribution is -0.530. The van der Waals surface area contributed by atoms with Gasteiger partial charge >= 0.3 is 11.4 Å². The summed E-state index contributed by atoms with van der Waals surface area (Å²) < 4.78 is 10.3. The number of rotatable bonds is 7. The fourth-order valence-electron chi connectivity index (χ4n) is 3.02. The van der Waals surface area contributed by atoms with Crippen molar-refractivity contribution in [3.8, 4) is 5.75 Å². The molecule has 4 N–H and O–H groups in total. The second-order valence-corrected chi connectivity index (χ2v) is 6.66. The van der Waals surface area contributed by atoms with Gasteiger partial charge in [0.05, 0.1) is 16.5 Å². The molecule has 13 heteroatoms. The number of aliphatic hydroxyl groups excluding tert-OH is 3. The van der Waals surface area contributed by atoms with Crippen LogP contribution in [0.15, 0.2) is 42.5 Å². The van der Waals surface area contributed by atoms with Crippen LogP contribution in [-0.2, 0) is 4.74 Å². The number of ether oxygens (including phenoxy) is 2. The zero-order valence-corrected chi connectivity index (χ0v) is 15.7. The summed E-state index contributed by atoms with van der Waals surface area (Å²) in [7, 11) is 0. The van der Waals surface area contributed by atoms with E-state index in [2.05, 4.69) is 5.32 Å². The van der Waals surface area contributed by atoms with Gasteiger partial charge in [-0.1, -0.05) is 0 Å². The van der Waals surface area contributed by atoms with Gasteiger partial charge in [-0.05, 0) is 30.3 Å². The first-order chi connectivity index (χ1) is 14.7. The molecule has 1 fully saturated rings. The van der Waals surface area contributed by atoms with Crippen molar-refractivity contribution < 1.29 is 39.7 Å². The standard InChI is InChI=1S/C18H18N3O10/c22-8-14-15(23)16(24)17(18(25)31-14)30-11-4-1-9(2-5-11)19-10-3-6-12(20(26)27)13(7-10)21(28)29/h1-7,14-19,22-24H,8H2/q-1/t14-,15-,16+,17-,18+/m1/s1. The van der Waals surface area contributed by atoms with Crippen molar-refractivity contribution in [3.05, 3.63) is 62.7 Å². The van der Waals surface area contributed by atoms with E-state index in [1.54, 1.807) is 0 Å². The van der Waals surface area contributed by atoms with E-state index >= 15 is 0 Å². The molecule has 0 amide bonds. The third-order valence-corrected chi connectivity index (χ3v) is 4.61. The van der Waals surface area contributed by atoms with Crippen LogP contribution in [0.1, 0.15) is 0 Å². The minimum atomic E-state index is -1.84. The summed E-state index contributed by atoms with van der Waals surface area (Å²) >= 11 is 0. The van der Waals surface area contributed by atoms with Crippen LogP contribution in [-0.4, -0.2) is 62.5 Å². The normalized spacial score (nSPS) is 25.6. The molecular formula is C18H18N3O10-. The van der Waals surface area contributed by atoms with Crippen LogP contribution in [0.25, 0.3) is 0 Å². The average Bonchev–Trinajstić information content (AvgIpc) is 2.74. The number of benzene rings is 2. The number of hydrogen-bond acceptors (Lipinski definition) is 11. The molecule has 2 aromatic rings. The fourth-order valence-corrected chi connectivity index (χ4v) is 3.02. The van der Waals surface area contributed by atoms with Gasteiger partial charge in [-0.25, -0.2) is 0 Å². The van der Waals surface area contributed by atoms with E-state index in [9.17, 15) is 35.5 Å². The number of nitro benzene ring substituents is 2. The van der Waals surface area contributed by atoms with Crippen LogP contribution in [0.2, 0.25) is 0 Å². The highest BCUT2D eigenvalue weighted by Crippen LogP contribution is 2.31. The molecule has 0 aliphatic carbocycles. The number of nitro groups is 2. The van der Waals surface area contributed by atoms with Crippen molar-refractivity contribution in [2.45, 2.75) is 30.7 Å². The van der Waals surface area contributed by atoms with Crippen LogP contribution in [0.5, 0.6) is 5.75 Å². The topological polar surface area (TPSA) is 201 Å². The lowest BCUT2D eigenvalue weighted by atomic mass is 9.99. The number of hydrogen-bond donors (Lipinski definition) is 4. The molecule has 0 bridgehead atoms. The Bertz CT molecular complexity index is 954. The zero-order valence-electron chi connectivity index (χ0n) is 15.7. The summed E-state index contributed by atoms with van der Waals surface area (Å²) in [5.41, 5.74) is -0.609. The third-order valence-electron chi connectivity index (χ3n) is 4.61. The lowest BCUT2D eigenvalue weighted by Crippen LogP contribution is -2.64. The minimum absolute atomic E-state index is 0.170. The molecule has 0 spiro atoms. The van der Waals surface area contributed by atoms with E-state index in [1.165, 1.54) is 30.3 Å². The molecule has 13 nitrogen and oxygen atoms in total. The monoisotopic (exact) mass is 436 g/mol. The van der Waals surface area contributed by atoms with Crippen molar-refractivity contribution in [2.24, 2.45) is 0 Å². The number of aliphatic hydroxyl groups is 3. The maximum absolute atomic E-state index is 12.0. The Labute approximate surface area is 174 Å². The Morgan fingerprint density at radius 2 is 1.58 bits per heavy atom. The number of anilines is 2. The summed E-state index contributed by atoms with van der Waals surface area (Å²) in [5.74, 6) is 0.170. The molecule has 5 atom stereocenters. The van der Waals surface area contributed by atoms with Gasteiger partial charge in [-0.3, -0.25) is 20.2 Å². The summed E-state index contributed by atoms with van der Waals surface area (Å²) in [6, 6.07) is 9.24. The Kier molecular flexibility index (Phi) is 6.62. The van der Waals surface area contributed by atoms with Crippen molar-refractivity contribution in [1.29, 1.82) is 0 Å². The van der Waals surface area contributed by atoms with E-state index in [1.807, 2.05) is 0 Å². The molecule has 0 saturated carbocycles. The second-order valence-electron chi connectivity index (χ2n) is 6.66. The fraction of sp³-hybridized carbons (Fsp3) is 0.333. The van der Waals surface area contributed by atoms with E-state index in [0.29, 0.717) is 5.69 Å². The summed E-state index contributed by atoms with van der Waals surface area (Å²) in [4.78, 5) is 20.2. The summed E-state index contributed by atoms with van der Waals surface area (Å²) in [6.07, 6.45) is -7.55. The summed E-state index contributed by atoms with van der Waals surface area (Å²) in [6.45, 7) is -0.634. The molecule has 3 rings (SSSR count). The quantitative estimate of drug-likeness (QED) is 0.330. The van der Waals surface area contributed by atoms with Crippen molar-refractivity contribution in [1.82, 2.24) is 0 Å². The minimum Gasteiger partial charge on any atom is -0.828 e. The zero-order chi connectivity index (χ0) is 22.7. The van der Waals surface area contributed by atoms with Crippen molar-refractivity contribution in [3.63, 3.8) is 0 Å².